The summed E-state index contributed by atoms with van der Waals surface area (Å²) in [4.78, 5) is 137. The van der Waals surface area contributed by atoms with Crippen molar-refractivity contribution in [1.29, 1.82) is 0 Å². The molecule has 7 amide bonds. The highest BCUT2D eigenvalue weighted by atomic mass is 16.6. The number of hydrogen-bond donors (Lipinski definition) is 3. The molecule has 9 heterocycles. The Hall–Kier alpha value is -8.98. The Balaban J connectivity index is 0.000000159. The molecule has 6 saturated heterocycles. The van der Waals surface area contributed by atoms with E-state index in [9.17, 15) is 47.9 Å². The average molecular weight is 1310 g/mol. The lowest BCUT2D eigenvalue weighted by Gasteiger charge is -2.31. The highest BCUT2D eigenvalue weighted by Gasteiger charge is 2.49. The minimum absolute atomic E-state index is 0.0975. The molecule has 1 unspecified atom stereocenters. The van der Waals surface area contributed by atoms with Gasteiger partial charge in [-0.15, -0.1) is 0 Å². The number of nitrogens with two attached hydrogens (primary N) is 1. The molecule has 11 atom stereocenters. The van der Waals surface area contributed by atoms with Crippen LogP contribution in [-0.2, 0) is 47.7 Å². The third-order valence-corrected chi connectivity index (χ3v) is 18.1. The van der Waals surface area contributed by atoms with E-state index in [0.717, 1.165) is 32.7 Å². The van der Waals surface area contributed by atoms with Crippen molar-refractivity contribution in [1.82, 2.24) is 48.8 Å². The summed E-state index contributed by atoms with van der Waals surface area (Å²) in [5.41, 5.74) is 6.92. The molecule has 12 rings (SSSR count). The summed E-state index contributed by atoms with van der Waals surface area (Å²) in [5.74, 6) is -2.38. The first-order chi connectivity index (χ1) is 45.1. The van der Waals surface area contributed by atoms with Gasteiger partial charge in [0.25, 0.3) is 17.7 Å². The van der Waals surface area contributed by atoms with Crippen LogP contribution in [0.2, 0.25) is 0 Å². The van der Waals surface area contributed by atoms with Crippen LogP contribution >= 0.6 is 0 Å². The Kier molecular flexibility index (Phi) is 20.7. The first kappa shape index (κ1) is 68.9. The Morgan fingerprint density at radius 2 is 0.768 bits per heavy atom. The fourth-order valence-corrected chi connectivity index (χ4v) is 12.8. The van der Waals surface area contributed by atoms with E-state index in [1.54, 1.807) is 92.6 Å². The van der Waals surface area contributed by atoms with Gasteiger partial charge in [-0.3, -0.25) is 61.9 Å². The Labute approximate surface area is 551 Å². The van der Waals surface area contributed by atoms with Crippen molar-refractivity contribution >= 4 is 92.2 Å². The van der Waals surface area contributed by atoms with Crippen LogP contribution in [-0.4, -0.2) is 210 Å². The van der Waals surface area contributed by atoms with Crippen LogP contribution in [0.5, 0.6) is 0 Å². The summed E-state index contributed by atoms with van der Waals surface area (Å²) in [6.45, 7) is 14.6. The molecule has 95 heavy (non-hydrogen) atoms. The average Bonchev–Trinajstić information content (AvgIpc) is 1.65. The molecule has 6 fully saturated rings. The number of nitrogens with one attached hydrogen (secondary N) is 2. The van der Waals surface area contributed by atoms with Crippen LogP contribution in [0.3, 0.4) is 0 Å². The number of nitrogens with zero attached hydrogens (tertiary/aromatic N) is 8. The summed E-state index contributed by atoms with van der Waals surface area (Å²) in [6.07, 6.45) is 6.93. The summed E-state index contributed by atoms with van der Waals surface area (Å²) in [5, 5.41) is 8.41. The molecule has 3 aromatic carbocycles. The molecule has 26 heteroatoms. The van der Waals surface area contributed by atoms with Crippen LogP contribution in [0, 0.1) is 0 Å². The minimum Gasteiger partial charge on any atom is -0.444 e. The van der Waals surface area contributed by atoms with Crippen LogP contribution in [0.15, 0.2) is 110 Å². The number of rotatable bonds is 9. The van der Waals surface area contributed by atoms with Crippen molar-refractivity contribution in [2.24, 2.45) is 5.73 Å². The number of aromatic nitrogens is 3. The maximum absolute atomic E-state index is 13.6. The van der Waals surface area contributed by atoms with Gasteiger partial charge < -0.3 is 54.8 Å². The number of ether oxygens (including phenoxy) is 5. The first-order valence-corrected chi connectivity index (χ1v) is 32.5. The van der Waals surface area contributed by atoms with Gasteiger partial charge in [0, 0.05) is 61.7 Å². The number of carbonyl (C=O) groups excluding carboxylic acids is 10. The Morgan fingerprint density at radius 1 is 0.463 bits per heavy atom. The molecule has 4 N–H and O–H groups in total. The van der Waals surface area contributed by atoms with E-state index < -0.39 is 96.0 Å². The zero-order valence-electron chi connectivity index (χ0n) is 55.5. The second-order valence-electron chi connectivity index (χ2n) is 26.9. The molecular formula is C69H87N11O15. The number of para-hydroxylation sites is 3. The van der Waals surface area contributed by atoms with Gasteiger partial charge in [0.15, 0.2) is 0 Å². The smallest absolute Gasteiger partial charge is 0.410 e. The van der Waals surface area contributed by atoms with Crippen molar-refractivity contribution in [3.8, 4) is 0 Å². The lowest BCUT2D eigenvalue weighted by molar-refractivity contribution is -0.143. The van der Waals surface area contributed by atoms with Crippen molar-refractivity contribution in [2.45, 2.75) is 191 Å². The third-order valence-electron chi connectivity index (χ3n) is 18.1. The summed E-state index contributed by atoms with van der Waals surface area (Å²) in [7, 11) is 2.95. The fourth-order valence-electron chi connectivity index (χ4n) is 12.8. The molecule has 6 aliphatic rings. The van der Waals surface area contributed by atoms with Gasteiger partial charge in [0.2, 0.25) is 29.5 Å². The van der Waals surface area contributed by atoms with Crippen molar-refractivity contribution < 1.29 is 71.6 Å². The van der Waals surface area contributed by atoms with E-state index in [-0.39, 0.29) is 67.7 Å². The van der Waals surface area contributed by atoms with E-state index in [1.807, 2.05) is 91.0 Å². The number of likely N-dealkylation sites (N-methyl/N-ethyl adjacent to an activating group) is 2. The SMILES string of the molecule is C[C@@H](C(=O)N[C@H]1CCO[C@H]2CC[C@@H](C(=O)n3ccc4ccccc43)N2C1=O)N(C)C(=O)OC(C)(C)C.C[C@@H](C(=O)N[C@H]1CCO[C@H]2CC[C@H](C(=O)n3ccc4ccccc43)N2C1=O)N(C)C(=O)OC(C)(C)C.N[C@H]1CCO[C@H]2CCC(C(=O)n3ccc4ccccc43)N2C1=O. The number of amides is 7. The van der Waals surface area contributed by atoms with Crippen LogP contribution in [0.25, 0.3) is 32.7 Å². The first-order valence-electron chi connectivity index (χ1n) is 32.5. The van der Waals surface area contributed by atoms with Crippen LogP contribution < -0.4 is 16.4 Å². The Morgan fingerprint density at radius 3 is 1.09 bits per heavy atom. The number of benzene rings is 3. The molecular weight excluding hydrogens is 1220 g/mol. The minimum atomic E-state index is -0.869. The number of carbonyl (C=O) groups is 10. The van der Waals surface area contributed by atoms with Gasteiger partial charge in [0.05, 0.1) is 42.4 Å². The van der Waals surface area contributed by atoms with Crippen LogP contribution in [0.4, 0.5) is 9.59 Å². The fraction of sp³-hybridized carbons (Fsp3) is 0.507. The Bertz CT molecular complexity index is 3700. The normalized spacial score (nSPS) is 24.3. The predicted octanol–water partition coefficient (Wildman–Crippen LogP) is 6.86. The zero-order chi connectivity index (χ0) is 68.4. The maximum atomic E-state index is 13.6. The van der Waals surface area contributed by atoms with E-state index in [1.165, 1.54) is 33.7 Å². The second-order valence-corrected chi connectivity index (χ2v) is 26.9. The van der Waals surface area contributed by atoms with E-state index in [2.05, 4.69) is 10.6 Å². The second kappa shape index (κ2) is 28.5. The van der Waals surface area contributed by atoms with E-state index >= 15 is 0 Å². The lowest BCUT2D eigenvalue weighted by Crippen LogP contribution is -2.56. The topological polar surface area (TPSA) is 298 Å². The highest BCUT2D eigenvalue weighted by Crippen LogP contribution is 2.34. The third kappa shape index (κ3) is 14.9. The van der Waals surface area contributed by atoms with E-state index in [4.69, 9.17) is 29.4 Å². The monoisotopic (exact) mass is 1310 g/mol. The van der Waals surface area contributed by atoms with Crippen molar-refractivity contribution in [3.63, 3.8) is 0 Å². The standard InChI is InChI=1S/2C26H34N4O6.C17H19N3O3/c2*1-16(28(5)25(34)36-26(2,3)4)22(31)27-18-13-15-35-21-11-10-20(30(21)23(18)32)24(33)29-14-12-17-8-6-7-9-19(17)29;18-12-8-10-23-15-6-5-14(20(15)16(12)21)17(22)19-9-7-11-3-1-2-4-13(11)19/h2*6-9,12,14,16,18,20-21H,10-11,13,15H2,1-5H3,(H,27,31);1-4,7,9,12,14-15H,5-6,8,10,18H2/t16-,18-,20+,21-;16-,18-,20-,21-;12-,14?,15-/m000/s1. The molecule has 0 spiro atoms. The molecule has 0 bridgehead atoms. The number of hydrogen-bond acceptors (Lipinski definition) is 16. The van der Waals surface area contributed by atoms with Gasteiger partial charge in [-0.2, -0.15) is 0 Å². The number of fused-ring (bicyclic) bond motifs is 6. The van der Waals surface area contributed by atoms with E-state index in [0.29, 0.717) is 51.6 Å². The summed E-state index contributed by atoms with van der Waals surface area (Å²) in [6, 6.07) is 22.5. The maximum Gasteiger partial charge on any atom is 0.410 e. The van der Waals surface area contributed by atoms with Gasteiger partial charge in [-0.25, -0.2) is 9.59 Å². The molecule has 26 nitrogen and oxygen atoms in total. The summed E-state index contributed by atoms with van der Waals surface area (Å²) >= 11 is 0. The van der Waals surface area contributed by atoms with Crippen LogP contribution in [0.1, 0.15) is 128 Å². The van der Waals surface area contributed by atoms with Gasteiger partial charge in [0.1, 0.15) is 72.2 Å². The highest BCUT2D eigenvalue weighted by molar-refractivity contribution is 6.01. The van der Waals surface area contributed by atoms with Crippen molar-refractivity contribution in [3.05, 3.63) is 110 Å². The molecule has 3 aromatic heterocycles. The van der Waals surface area contributed by atoms with Gasteiger partial charge in [-0.05, 0) is 137 Å². The molecule has 0 radical (unpaired) electrons. The molecule has 508 valence electrons. The quantitative estimate of drug-likeness (QED) is 0.133. The zero-order valence-corrected chi connectivity index (χ0v) is 55.5. The molecule has 6 aliphatic heterocycles. The van der Waals surface area contributed by atoms with Gasteiger partial charge in [-0.1, -0.05) is 54.6 Å². The summed E-state index contributed by atoms with van der Waals surface area (Å²) < 4.78 is 33.0. The van der Waals surface area contributed by atoms with Gasteiger partial charge >= 0.3 is 12.2 Å². The molecule has 0 aliphatic carbocycles. The van der Waals surface area contributed by atoms with Crippen molar-refractivity contribution in [2.75, 3.05) is 33.9 Å². The lowest BCUT2D eigenvalue weighted by atomic mass is 10.1. The predicted molar refractivity (Wildman–Crippen MR) is 349 cm³/mol. The molecule has 0 saturated carbocycles. The largest absolute Gasteiger partial charge is 0.444 e. The molecule has 6 aromatic rings.